The lowest BCUT2D eigenvalue weighted by Gasteiger charge is -2.10. The number of nitrogens with zero attached hydrogens (tertiary/aromatic N) is 3. The number of nitrogens with one attached hydrogen (secondary N) is 1. The fraction of sp³-hybridized carbons (Fsp3) is 0.312. The molecule has 24 heavy (non-hydrogen) atoms. The molecule has 1 aromatic carbocycles. The lowest BCUT2D eigenvalue weighted by molar-refractivity contribution is -0.110. The van der Waals surface area contributed by atoms with E-state index in [0.29, 0.717) is 16.5 Å². The molecule has 0 saturated heterocycles. The highest BCUT2D eigenvalue weighted by molar-refractivity contribution is 7.13. The van der Waals surface area contributed by atoms with Gasteiger partial charge in [-0.1, -0.05) is 17.3 Å². The zero-order valence-electron chi connectivity index (χ0n) is 13.9. The van der Waals surface area contributed by atoms with Crippen LogP contribution in [0.25, 0.3) is 0 Å². The minimum atomic E-state index is -0.400. The van der Waals surface area contributed by atoms with E-state index >= 15 is 0 Å². The second-order valence-electron chi connectivity index (χ2n) is 5.40. The number of nitrogens with two attached hydrogens (primary N) is 1. The van der Waals surface area contributed by atoms with E-state index in [4.69, 9.17) is 10.6 Å². The predicted molar refractivity (Wildman–Crippen MR) is 97.4 cm³/mol. The first-order chi connectivity index (χ1) is 11.5. The lowest BCUT2D eigenvalue weighted by Crippen LogP contribution is -2.24. The molecule has 7 nitrogen and oxygen atoms in total. The fourth-order valence-corrected chi connectivity index (χ4v) is 2.54. The van der Waals surface area contributed by atoms with Crippen LogP contribution in [0.15, 0.2) is 34.8 Å². The molecule has 0 atom stereocenters. The summed E-state index contributed by atoms with van der Waals surface area (Å²) in [4.78, 5) is 23.3. The Morgan fingerprint density at radius 2 is 2.08 bits per heavy atom. The quantitative estimate of drug-likeness (QED) is 0.589. The molecule has 128 valence electrons. The number of oxime groups is 1. The van der Waals surface area contributed by atoms with Gasteiger partial charge in [-0.3, -0.25) is 4.79 Å². The molecule has 0 aliphatic carbocycles. The number of carbonyl (C=O) groups excluding carboxylic acids is 1. The minimum absolute atomic E-state index is 0.0853. The maximum atomic E-state index is 12.4. The van der Waals surface area contributed by atoms with Gasteiger partial charge in [0.05, 0.1) is 0 Å². The van der Waals surface area contributed by atoms with Crippen LogP contribution in [-0.2, 0) is 16.1 Å². The van der Waals surface area contributed by atoms with Crippen molar-refractivity contribution in [1.82, 2.24) is 9.88 Å². The first kappa shape index (κ1) is 17.9. The largest absolute Gasteiger partial charge is 0.398 e. The number of nitrogen functional groups attached to an aromatic ring is 1. The highest BCUT2D eigenvalue weighted by Gasteiger charge is 2.18. The van der Waals surface area contributed by atoms with Gasteiger partial charge in [-0.15, -0.1) is 11.3 Å². The number of rotatable bonds is 7. The van der Waals surface area contributed by atoms with Gasteiger partial charge >= 0.3 is 0 Å². The van der Waals surface area contributed by atoms with Gasteiger partial charge in [-0.05, 0) is 38.2 Å². The third-order valence-electron chi connectivity index (χ3n) is 3.22. The van der Waals surface area contributed by atoms with E-state index < -0.39 is 5.91 Å². The highest BCUT2D eigenvalue weighted by Crippen LogP contribution is 2.15. The number of likely N-dealkylation sites (N-methyl/N-ethyl adjacent to an activating group) is 1. The summed E-state index contributed by atoms with van der Waals surface area (Å²) in [5.41, 5.74) is 7.97. The first-order valence-corrected chi connectivity index (χ1v) is 8.25. The first-order valence-electron chi connectivity index (χ1n) is 7.37. The third kappa shape index (κ3) is 5.04. The topological polar surface area (TPSA) is 92.8 Å². The average Bonchev–Trinajstić information content (AvgIpc) is 2.97. The van der Waals surface area contributed by atoms with Crippen LogP contribution in [0.2, 0.25) is 0 Å². The van der Waals surface area contributed by atoms with Crippen LogP contribution in [-0.4, -0.2) is 49.3 Å². The van der Waals surface area contributed by atoms with Crippen molar-refractivity contribution in [3.63, 3.8) is 0 Å². The average molecular weight is 347 g/mol. The molecule has 0 spiro atoms. The van der Waals surface area contributed by atoms with Gasteiger partial charge < -0.3 is 20.8 Å². The van der Waals surface area contributed by atoms with Crippen molar-refractivity contribution in [2.45, 2.75) is 6.42 Å². The van der Waals surface area contributed by atoms with Crippen LogP contribution in [0.3, 0.4) is 0 Å². The second-order valence-corrected chi connectivity index (χ2v) is 6.29. The highest BCUT2D eigenvalue weighted by atomic mass is 32.1. The Bertz CT molecular complexity index is 710. The standard InChI is InChI=1S/C16H21N5O2S/c1-21(2)9-8-11-4-6-12(7-5-11)18-15(22)14(20-23-3)13-10-24-16(17)19-13/h4-7,10H,8-9H2,1-3H3,(H2,17,19)(H,18,22). The molecule has 0 saturated carbocycles. The van der Waals surface area contributed by atoms with E-state index in [9.17, 15) is 4.79 Å². The predicted octanol–water partition coefficient (Wildman–Crippen LogP) is 1.82. The van der Waals surface area contributed by atoms with Gasteiger partial charge in [0, 0.05) is 17.6 Å². The second kappa shape index (κ2) is 8.42. The van der Waals surface area contributed by atoms with Crippen LogP contribution in [0.4, 0.5) is 10.8 Å². The number of hydrogen-bond acceptors (Lipinski definition) is 7. The molecule has 0 aliphatic heterocycles. The summed E-state index contributed by atoms with van der Waals surface area (Å²) in [5.74, 6) is -0.400. The SMILES string of the molecule is CON=C(C(=O)Nc1ccc(CCN(C)C)cc1)c1csc(N)n1. The Kier molecular flexibility index (Phi) is 6.28. The van der Waals surface area contributed by atoms with Gasteiger partial charge in [0.25, 0.3) is 5.91 Å². The minimum Gasteiger partial charge on any atom is -0.398 e. The fourth-order valence-electron chi connectivity index (χ4n) is 1.99. The van der Waals surface area contributed by atoms with Crippen LogP contribution < -0.4 is 11.1 Å². The molecule has 1 heterocycles. The summed E-state index contributed by atoms with van der Waals surface area (Å²) in [5, 5.41) is 8.58. The van der Waals surface area contributed by atoms with Crippen molar-refractivity contribution in [3.05, 3.63) is 40.9 Å². The smallest absolute Gasteiger partial charge is 0.280 e. The summed E-state index contributed by atoms with van der Waals surface area (Å²) in [7, 11) is 5.45. The van der Waals surface area contributed by atoms with Crippen molar-refractivity contribution in [2.75, 3.05) is 38.8 Å². The Hall–Kier alpha value is -2.45. The van der Waals surface area contributed by atoms with Crippen molar-refractivity contribution in [2.24, 2.45) is 5.16 Å². The summed E-state index contributed by atoms with van der Waals surface area (Å²) < 4.78 is 0. The molecular weight excluding hydrogens is 326 g/mol. The summed E-state index contributed by atoms with van der Waals surface area (Å²) in [6.45, 7) is 0.974. The zero-order valence-corrected chi connectivity index (χ0v) is 14.8. The lowest BCUT2D eigenvalue weighted by atomic mass is 10.1. The van der Waals surface area contributed by atoms with Crippen LogP contribution in [0.1, 0.15) is 11.3 Å². The normalized spacial score (nSPS) is 11.6. The van der Waals surface area contributed by atoms with E-state index in [2.05, 4.69) is 20.4 Å². The molecule has 1 aromatic heterocycles. The van der Waals surface area contributed by atoms with E-state index in [0.717, 1.165) is 13.0 Å². The van der Waals surface area contributed by atoms with Gasteiger partial charge in [0.2, 0.25) is 0 Å². The molecule has 2 aromatic rings. The van der Waals surface area contributed by atoms with Crippen molar-refractivity contribution < 1.29 is 9.63 Å². The van der Waals surface area contributed by atoms with Gasteiger partial charge in [-0.2, -0.15) is 0 Å². The molecule has 0 unspecified atom stereocenters. The Balaban J connectivity index is 2.05. The number of aromatic nitrogens is 1. The summed E-state index contributed by atoms with van der Waals surface area (Å²) in [6, 6.07) is 7.71. The van der Waals surface area contributed by atoms with Crippen molar-refractivity contribution in [1.29, 1.82) is 0 Å². The Labute approximate surface area is 145 Å². The van der Waals surface area contributed by atoms with Gasteiger partial charge in [0.1, 0.15) is 12.8 Å². The molecule has 1 amide bonds. The molecule has 8 heteroatoms. The monoisotopic (exact) mass is 347 g/mol. The van der Waals surface area contributed by atoms with E-state index in [1.54, 1.807) is 5.38 Å². The van der Waals surface area contributed by atoms with Gasteiger partial charge in [0.15, 0.2) is 10.8 Å². The molecule has 0 fully saturated rings. The molecule has 3 N–H and O–H groups in total. The Morgan fingerprint density at radius 1 is 1.38 bits per heavy atom. The van der Waals surface area contributed by atoms with Crippen molar-refractivity contribution >= 4 is 33.8 Å². The van der Waals surface area contributed by atoms with Gasteiger partial charge in [-0.25, -0.2) is 4.98 Å². The third-order valence-corrected chi connectivity index (χ3v) is 3.90. The number of hydrogen-bond donors (Lipinski definition) is 2. The number of carbonyl (C=O) groups is 1. The zero-order chi connectivity index (χ0) is 17.5. The molecule has 0 bridgehead atoms. The van der Waals surface area contributed by atoms with E-state index in [1.807, 2.05) is 38.4 Å². The maximum Gasteiger partial charge on any atom is 0.280 e. The van der Waals surface area contributed by atoms with Crippen molar-refractivity contribution in [3.8, 4) is 0 Å². The number of benzene rings is 1. The number of anilines is 2. The van der Waals surface area contributed by atoms with Crippen LogP contribution in [0.5, 0.6) is 0 Å². The molecule has 0 aliphatic rings. The van der Waals surface area contributed by atoms with Crippen LogP contribution in [0, 0.1) is 0 Å². The summed E-state index contributed by atoms with van der Waals surface area (Å²) >= 11 is 1.24. The Morgan fingerprint density at radius 3 is 2.62 bits per heavy atom. The molecule has 2 rings (SSSR count). The number of amides is 1. The maximum absolute atomic E-state index is 12.4. The summed E-state index contributed by atoms with van der Waals surface area (Å²) in [6.07, 6.45) is 0.954. The van der Waals surface area contributed by atoms with E-state index in [1.165, 1.54) is 24.0 Å². The van der Waals surface area contributed by atoms with Crippen LogP contribution >= 0.6 is 11.3 Å². The molecular formula is C16H21N5O2S. The number of thiazole rings is 1. The molecule has 0 radical (unpaired) electrons. The van der Waals surface area contributed by atoms with E-state index in [-0.39, 0.29) is 5.71 Å².